The number of hydrogen-bond donors (Lipinski definition) is 2. The summed E-state index contributed by atoms with van der Waals surface area (Å²) in [5.41, 5.74) is -0.626. The molecular weight excluding hydrogens is 504 g/mol. The van der Waals surface area contributed by atoms with E-state index in [0.29, 0.717) is 19.4 Å². The molecular formula is C21H34O8P4. The molecule has 1 aliphatic heterocycles. The first-order valence-corrected chi connectivity index (χ1v) is 15.2. The molecule has 1 aliphatic rings. The van der Waals surface area contributed by atoms with Gasteiger partial charge in [0.15, 0.2) is 0 Å². The van der Waals surface area contributed by atoms with Crippen LogP contribution in [-0.2, 0) is 27.9 Å². The predicted molar refractivity (Wildman–Crippen MR) is 139 cm³/mol. The Morgan fingerprint density at radius 2 is 2.06 bits per heavy atom. The van der Waals surface area contributed by atoms with E-state index in [1.54, 1.807) is 12.2 Å². The van der Waals surface area contributed by atoms with Crippen molar-refractivity contribution in [2.24, 2.45) is 5.41 Å². The molecule has 0 saturated carbocycles. The molecule has 2 N–H and O–H groups in total. The topological polar surface area (TPSA) is 112 Å². The van der Waals surface area contributed by atoms with Gasteiger partial charge >= 0.3 is 13.6 Å². The molecule has 1 rings (SSSR count). The Labute approximate surface area is 202 Å². The van der Waals surface area contributed by atoms with E-state index in [2.05, 4.69) is 18.4 Å². The summed E-state index contributed by atoms with van der Waals surface area (Å²) in [7, 11) is 0.486. The zero-order valence-electron chi connectivity index (χ0n) is 18.8. The van der Waals surface area contributed by atoms with Crippen LogP contribution < -0.4 is 0 Å². The van der Waals surface area contributed by atoms with Gasteiger partial charge < -0.3 is 28.3 Å². The standard InChI is InChI=1S/C21H34O8P4/c1-21(2,13-12-17-10-8-11-20(22)28-17)19(26-16-33(23,24)25)15-18(29-32-31)9-6-4-3-5-7-14-27-30/h3-9,11-13,17-19,32H,10,14-16,30-31H2,1-2H3,(H2,23,24,25)/b4-3-,7-5+,9-6-,13-12+/t17-,18+,19?/m1/s1. The van der Waals surface area contributed by atoms with E-state index in [4.69, 9.17) is 18.5 Å². The van der Waals surface area contributed by atoms with Crippen molar-refractivity contribution in [2.75, 3.05) is 13.0 Å². The fourth-order valence-corrected chi connectivity index (χ4v) is 4.22. The minimum Gasteiger partial charge on any atom is -0.455 e. The molecule has 0 spiro atoms. The van der Waals surface area contributed by atoms with Crippen molar-refractivity contribution in [3.63, 3.8) is 0 Å². The maximum absolute atomic E-state index is 11.5. The number of hydrogen-bond acceptors (Lipinski definition) is 6. The van der Waals surface area contributed by atoms with Crippen LogP contribution in [0.25, 0.3) is 0 Å². The van der Waals surface area contributed by atoms with Crippen molar-refractivity contribution < 1.29 is 37.7 Å². The van der Waals surface area contributed by atoms with Gasteiger partial charge in [0, 0.05) is 42.3 Å². The molecule has 4 unspecified atom stereocenters. The van der Waals surface area contributed by atoms with Crippen molar-refractivity contribution in [1.29, 1.82) is 0 Å². The third kappa shape index (κ3) is 14.5. The molecule has 0 aromatic carbocycles. The van der Waals surface area contributed by atoms with Crippen LogP contribution in [0, 0.1) is 5.41 Å². The van der Waals surface area contributed by atoms with Crippen molar-refractivity contribution in [2.45, 2.75) is 45.0 Å². The molecule has 0 radical (unpaired) electrons. The van der Waals surface area contributed by atoms with Crippen molar-refractivity contribution >= 4 is 40.5 Å². The lowest BCUT2D eigenvalue weighted by Crippen LogP contribution is -2.34. The third-order valence-electron chi connectivity index (χ3n) is 4.56. The Kier molecular flexibility index (Phi) is 15.0. The summed E-state index contributed by atoms with van der Waals surface area (Å²) >= 11 is 0. The number of carbonyl (C=O) groups is 1. The highest BCUT2D eigenvalue weighted by molar-refractivity contribution is 8.00. The van der Waals surface area contributed by atoms with Crippen LogP contribution in [0.5, 0.6) is 0 Å². The first-order chi connectivity index (χ1) is 15.6. The van der Waals surface area contributed by atoms with Gasteiger partial charge in [0.1, 0.15) is 12.5 Å². The molecule has 0 aromatic rings. The van der Waals surface area contributed by atoms with E-state index >= 15 is 0 Å². The summed E-state index contributed by atoms with van der Waals surface area (Å²) in [5.74, 6) is -0.396. The second kappa shape index (κ2) is 16.2. The molecule has 12 heteroatoms. The zero-order chi connectivity index (χ0) is 24.7. The van der Waals surface area contributed by atoms with Gasteiger partial charge in [-0.05, 0) is 6.08 Å². The smallest absolute Gasteiger partial charge is 0.350 e. The Hall–Kier alpha value is -0.510. The van der Waals surface area contributed by atoms with E-state index < -0.39 is 31.4 Å². The van der Waals surface area contributed by atoms with Gasteiger partial charge in [0.2, 0.25) is 0 Å². The Balaban J connectivity index is 2.95. The second-order valence-electron chi connectivity index (χ2n) is 7.78. The van der Waals surface area contributed by atoms with Crippen LogP contribution in [0.15, 0.2) is 60.8 Å². The average molecular weight is 538 g/mol. The average Bonchev–Trinajstić information content (AvgIpc) is 2.73. The maximum atomic E-state index is 11.5. The van der Waals surface area contributed by atoms with Crippen molar-refractivity contribution in [3.05, 3.63) is 60.8 Å². The van der Waals surface area contributed by atoms with Crippen LogP contribution in [0.1, 0.15) is 26.7 Å². The van der Waals surface area contributed by atoms with E-state index in [1.807, 2.05) is 56.4 Å². The third-order valence-corrected chi connectivity index (χ3v) is 6.08. The summed E-state index contributed by atoms with van der Waals surface area (Å²) in [4.78, 5) is 30.1. The molecule has 0 fully saturated rings. The largest absolute Gasteiger partial charge is 0.455 e. The molecule has 0 aliphatic carbocycles. The van der Waals surface area contributed by atoms with Gasteiger partial charge in [-0.15, -0.1) is 0 Å². The number of rotatable bonds is 15. The number of allylic oxidation sites excluding steroid dienone is 4. The van der Waals surface area contributed by atoms with Gasteiger partial charge in [0.25, 0.3) is 0 Å². The highest BCUT2D eigenvalue weighted by Crippen LogP contribution is 2.39. The minimum atomic E-state index is -4.36. The molecule has 186 valence electrons. The van der Waals surface area contributed by atoms with Gasteiger partial charge in [-0.3, -0.25) is 4.57 Å². The number of ether oxygens (including phenoxy) is 2. The molecule has 0 aromatic heterocycles. The molecule has 33 heavy (non-hydrogen) atoms. The van der Waals surface area contributed by atoms with E-state index in [1.165, 1.54) is 6.08 Å². The van der Waals surface area contributed by atoms with Crippen LogP contribution in [0.2, 0.25) is 0 Å². The highest BCUT2D eigenvalue weighted by atomic mass is 32.0. The zero-order valence-corrected chi connectivity index (χ0v) is 23.0. The summed E-state index contributed by atoms with van der Waals surface area (Å²) in [6.07, 6.45) is 16.9. The summed E-state index contributed by atoms with van der Waals surface area (Å²) in [6.45, 7) is 4.30. The van der Waals surface area contributed by atoms with Crippen molar-refractivity contribution in [3.8, 4) is 0 Å². The molecule has 0 saturated heterocycles. The van der Waals surface area contributed by atoms with Gasteiger partial charge in [-0.2, -0.15) is 0 Å². The SMILES string of the molecule is CC(C)(/C=C/[C@H]1CC=CC(=O)O1)C(C[C@H](\C=C/C=C\C=C\COP)OPP)OCP(=O)(O)O. The lowest BCUT2D eigenvalue weighted by atomic mass is 9.82. The van der Waals surface area contributed by atoms with Crippen LogP contribution >= 0.6 is 34.5 Å². The van der Waals surface area contributed by atoms with Gasteiger partial charge in [0.05, 0.1) is 18.8 Å². The van der Waals surface area contributed by atoms with E-state index in [9.17, 15) is 19.1 Å². The van der Waals surface area contributed by atoms with E-state index in [-0.39, 0.29) is 20.7 Å². The van der Waals surface area contributed by atoms with Gasteiger partial charge in [-0.1, -0.05) is 71.4 Å². The fraction of sp³-hybridized carbons (Fsp3) is 0.476. The molecule has 6 atom stereocenters. The lowest BCUT2D eigenvalue weighted by Gasteiger charge is -2.34. The van der Waals surface area contributed by atoms with Crippen LogP contribution in [-0.4, -0.2) is 47.0 Å². The van der Waals surface area contributed by atoms with E-state index in [0.717, 1.165) is 0 Å². The normalized spacial score (nSPS) is 20.2. The summed E-state index contributed by atoms with van der Waals surface area (Å²) in [6, 6.07) is 0. The Morgan fingerprint density at radius 1 is 1.33 bits per heavy atom. The molecule has 1 heterocycles. The maximum Gasteiger partial charge on any atom is 0.350 e. The van der Waals surface area contributed by atoms with Gasteiger partial charge in [-0.25, -0.2) is 4.79 Å². The number of esters is 1. The lowest BCUT2D eigenvalue weighted by molar-refractivity contribution is -0.141. The first-order valence-electron chi connectivity index (χ1n) is 10.2. The second-order valence-corrected chi connectivity index (χ2v) is 10.9. The number of carbonyl (C=O) groups excluding carboxylic acids is 1. The van der Waals surface area contributed by atoms with Crippen LogP contribution in [0.4, 0.5) is 0 Å². The van der Waals surface area contributed by atoms with Crippen molar-refractivity contribution in [1.82, 2.24) is 0 Å². The summed E-state index contributed by atoms with van der Waals surface area (Å²) < 4.78 is 33.1. The molecule has 0 bridgehead atoms. The van der Waals surface area contributed by atoms with Crippen LogP contribution in [0.3, 0.4) is 0 Å². The molecule has 0 amide bonds. The minimum absolute atomic E-state index is 0.142. The Bertz CT molecular complexity index is 785. The molecule has 8 nitrogen and oxygen atoms in total. The Morgan fingerprint density at radius 3 is 2.70 bits per heavy atom. The summed E-state index contributed by atoms with van der Waals surface area (Å²) in [5, 5.41) is 0. The highest BCUT2D eigenvalue weighted by Gasteiger charge is 2.32. The quantitative estimate of drug-likeness (QED) is 0.135. The number of cyclic esters (lactones) is 1. The fourth-order valence-electron chi connectivity index (χ4n) is 2.86. The first kappa shape index (κ1) is 30.5. The predicted octanol–water partition coefficient (Wildman–Crippen LogP) is 4.60. The monoisotopic (exact) mass is 538 g/mol.